The van der Waals surface area contributed by atoms with Crippen molar-refractivity contribution in [3.05, 3.63) is 30.0 Å². The van der Waals surface area contributed by atoms with Gasteiger partial charge < -0.3 is 14.9 Å². The molecule has 0 spiro atoms. The molecule has 21 heavy (non-hydrogen) atoms. The Hall–Kier alpha value is -1.88. The average molecular weight is 289 g/mol. The first-order chi connectivity index (χ1) is 10.1. The van der Waals surface area contributed by atoms with Gasteiger partial charge in [0, 0.05) is 37.0 Å². The van der Waals surface area contributed by atoms with E-state index < -0.39 is 5.97 Å². The van der Waals surface area contributed by atoms with Gasteiger partial charge in [-0.1, -0.05) is 6.92 Å². The second kappa shape index (κ2) is 7.22. The van der Waals surface area contributed by atoms with Gasteiger partial charge in [-0.25, -0.2) is 9.78 Å². The van der Waals surface area contributed by atoms with E-state index in [-0.39, 0.29) is 0 Å². The van der Waals surface area contributed by atoms with Gasteiger partial charge >= 0.3 is 5.97 Å². The minimum Gasteiger partial charge on any atom is -0.478 e. The van der Waals surface area contributed by atoms with Crippen molar-refractivity contribution in [2.75, 3.05) is 31.6 Å². The first kappa shape index (κ1) is 15.5. The van der Waals surface area contributed by atoms with Crippen LogP contribution in [-0.4, -0.2) is 53.7 Å². The molecule has 0 bridgehead atoms. The van der Waals surface area contributed by atoms with Crippen LogP contribution in [0.4, 0.5) is 5.82 Å². The summed E-state index contributed by atoms with van der Waals surface area (Å²) in [5.41, 5.74) is 0.864. The maximum Gasteiger partial charge on any atom is 0.328 e. The van der Waals surface area contributed by atoms with Crippen LogP contribution in [0.1, 0.15) is 25.3 Å². The average Bonchev–Trinajstić information content (AvgIpc) is 2.66. The fraction of sp³-hybridized carbons (Fsp3) is 0.500. The van der Waals surface area contributed by atoms with E-state index in [4.69, 9.17) is 5.11 Å². The SMILES string of the molecule is CCC1CN(C)CCCN1c1ncccc1/C=C/C(=O)O. The minimum atomic E-state index is -0.938. The van der Waals surface area contributed by atoms with Gasteiger partial charge in [-0.3, -0.25) is 0 Å². The van der Waals surface area contributed by atoms with Crippen LogP contribution in [0, 0.1) is 0 Å². The standard InChI is InChI=1S/C16H23N3O2/c1-3-14-12-18(2)10-5-11-19(14)16-13(6-4-9-17-16)7-8-15(20)21/h4,6-9,14H,3,5,10-12H2,1-2H3,(H,20,21)/b8-7+. The predicted molar refractivity (Wildman–Crippen MR) is 84.4 cm³/mol. The van der Waals surface area contributed by atoms with Crippen molar-refractivity contribution in [1.29, 1.82) is 0 Å². The lowest BCUT2D eigenvalue weighted by Gasteiger charge is -2.32. The minimum absolute atomic E-state index is 0.407. The number of carboxylic acids is 1. The molecule has 1 N–H and O–H groups in total. The Morgan fingerprint density at radius 3 is 3.05 bits per heavy atom. The molecule has 1 aromatic rings. The molecule has 1 fully saturated rings. The fourth-order valence-corrected chi connectivity index (χ4v) is 2.81. The summed E-state index contributed by atoms with van der Waals surface area (Å²) in [5, 5.41) is 8.83. The summed E-state index contributed by atoms with van der Waals surface area (Å²) in [7, 11) is 2.15. The lowest BCUT2D eigenvalue weighted by atomic mass is 10.1. The molecule has 0 aromatic carbocycles. The summed E-state index contributed by atoms with van der Waals surface area (Å²) in [6.07, 6.45) is 6.71. The van der Waals surface area contributed by atoms with Crippen molar-refractivity contribution in [2.45, 2.75) is 25.8 Å². The third kappa shape index (κ3) is 4.04. The highest BCUT2D eigenvalue weighted by Crippen LogP contribution is 2.24. The van der Waals surface area contributed by atoms with Crippen LogP contribution in [0.5, 0.6) is 0 Å². The van der Waals surface area contributed by atoms with Gasteiger partial charge in [-0.15, -0.1) is 0 Å². The number of rotatable bonds is 4. The molecular formula is C16H23N3O2. The van der Waals surface area contributed by atoms with E-state index in [1.807, 2.05) is 12.1 Å². The van der Waals surface area contributed by atoms with E-state index in [2.05, 4.69) is 28.8 Å². The summed E-state index contributed by atoms with van der Waals surface area (Å²) in [5.74, 6) is -0.0513. The zero-order valence-electron chi connectivity index (χ0n) is 12.7. The van der Waals surface area contributed by atoms with Gasteiger partial charge in [-0.05, 0) is 44.6 Å². The van der Waals surface area contributed by atoms with Crippen LogP contribution in [0.25, 0.3) is 6.08 Å². The van der Waals surface area contributed by atoms with Gasteiger partial charge in [0.05, 0.1) is 0 Å². The molecule has 5 nitrogen and oxygen atoms in total. The van der Waals surface area contributed by atoms with Crippen LogP contribution in [0.2, 0.25) is 0 Å². The quantitative estimate of drug-likeness (QED) is 0.860. The molecule has 1 aliphatic rings. The maximum atomic E-state index is 10.8. The first-order valence-electron chi connectivity index (χ1n) is 7.43. The van der Waals surface area contributed by atoms with Crippen LogP contribution in [0.15, 0.2) is 24.4 Å². The van der Waals surface area contributed by atoms with E-state index in [0.29, 0.717) is 6.04 Å². The summed E-state index contributed by atoms with van der Waals surface area (Å²) in [4.78, 5) is 19.9. The number of hydrogen-bond donors (Lipinski definition) is 1. The van der Waals surface area contributed by atoms with Crippen LogP contribution in [-0.2, 0) is 4.79 Å². The fourth-order valence-electron chi connectivity index (χ4n) is 2.81. The van der Waals surface area contributed by atoms with Crippen molar-refractivity contribution >= 4 is 17.9 Å². The smallest absolute Gasteiger partial charge is 0.328 e. The van der Waals surface area contributed by atoms with Gasteiger partial charge in [-0.2, -0.15) is 0 Å². The molecule has 1 unspecified atom stereocenters. The van der Waals surface area contributed by atoms with Crippen molar-refractivity contribution in [3.8, 4) is 0 Å². The number of aromatic nitrogens is 1. The number of carbonyl (C=O) groups is 1. The predicted octanol–water partition coefficient (Wildman–Crippen LogP) is 2.10. The Morgan fingerprint density at radius 1 is 1.52 bits per heavy atom. The Balaban J connectivity index is 2.32. The summed E-state index contributed by atoms with van der Waals surface area (Å²) in [6.45, 7) is 5.23. The summed E-state index contributed by atoms with van der Waals surface area (Å²) < 4.78 is 0. The highest BCUT2D eigenvalue weighted by molar-refractivity contribution is 5.86. The van der Waals surface area contributed by atoms with E-state index in [9.17, 15) is 4.79 Å². The zero-order chi connectivity index (χ0) is 15.2. The molecule has 0 aliphatic carbocycles. The third-order valence-electron chi connectivity index (χ3n) is 3.87. The van der Waals surface area contributed by atoms with E-state index in [1.165, 1.54) is 6.08 Å². The Bertz CT molecular complexity index is 516. The molecule has 1 aromatic heterocycles. The second-order valence-corrected chi connectivity index (χ2v) is 5.46. The normalized spacial score (nSPS) is 20.7. The Kier molecular flexibility index (Phi) is 5.33. The number of anilines is 1. The number of hydrogen-bond acceptors (Lipinski definition) is 4. The maximum absolute atomic E-state index is 10.8. The van der Waals surface area contributed by atoms with Gasteiger partial charge in [0.1, 0.15) is 5.82 Å². The van der Waals surface area contributed by atoms with Crippen molar-refractivity contribution < 1.29 is 9.90 Å². The number of nitrogens with zero attached hydrogens (tertiary/aromatic N) is 3. The molecule has 0 saturated carbocycles. The molecule has 1 atom stereocenters. The molecule has 5 heteroatoms. The molecule has 1 saturated heterocycles. The van der Waals surface area contributed by atoms with Crippen LogP contribution >= 0.6 is 0 Å². The lowest BCUT2D eigenvalue weighted by molar-refractivity contribution is -0.131. The number of likely N-dealkylation sites (N-methyl/N-ethyl adjacent to an activating group) is 1. The van der Waals surface area contributed by atoms with Gasteiger partial charge in [0.15, 0.2) is 0 Å². The summed E-state index contributed by atoms with van der Waals surface area (Å²) in [6, 6.07) is 4.17. The Morgan fingerprint density at radius 2 is 2.33 bits per heavy atom. The van der Waals surface area contributed by atoms with Crippen molar-refractivity contribution in [3.63, 3.8) is 0 Å². The molecule has 114 valence electrons. The van der Waals surface area contributed by atoms with Crippen LogP contribution in [0.3, 0.4) is 0 Å². The topological polar surface area (TPSA) is 56.7 Å². The number of pyridine rings is 1. The van der Waals surface area contributed by atoms with Crippen molar-refractivity contribution in [2.24, 2.45) is 0 Å². The molecule has 2 heterocycles. The monoisotopic (exact) mass is 289 g/mol. The first-order valence-corrected chi connectivity index (χ1v) is 7.43. The van der Waals surface area contributed by atoms with E-state index in [0.717, 1.165) is 43.9 Å². The summed E-state index contributed by atoms with van der Waals surface area (Å²) >= 11 is 0. The molecule has 2 rings (SSSR count). The number of aliphatic carboxylic acids is 1. The molecule has 0 radical (unpaired) electrons. The van der Waals surface area contributed by atoms with Gasteiger partial charge in [0.25, 0.3) is 0 Å². The highest BCUT2D eigenvalue weighted by Gasteiger charge is 2.24. The molecule has 1 aliphatic heterocycles. The Labute approximate surface area is 125 Å². The van der Waals surface area contributed by atoms with Gasteiger partial charge in [0.2, 0.25) is 0 Å². The second-order valence-electron chi connectivity index (χ2n) is 5.46. The zero-order valence-corrected chi connectivity index (χ0v) is 12.7. The molecule has 0 amide bonds. The third-order valence-corrected chi connectivity index (χ3v) is 3.87. The number of carboxylic acid groups (broad SMARTS) is 1. The van der Waals surface area contributed by atoms with Crippen molar-refractivity contribution in [1.82, 2.24) is 9.88 Å². The van der Waals surface area contributed by atoms with Crippen LogP contribution < -0.4 is 4.90 Å². The lowest BCUT2D eigenvalue weighted by Crippen LogP contribution is -2.40. The highest BCUT2D eigenvalue weighted by atomic mass is 16.4. The van der Waals surface area contributed by atoms with E-state index in [1.54, 1.807) is 12.3 Å². The largest absolute Gasteiger partial charge is 0.478 e. The molecular weight excluding hydrogens is 266 g/mol. The van der Waals surface area contributed by atoms with E-state index >= 15 is 0 Å².